The lowest BCUT2D eigenvalue weighted by molar-refractivity contribution is 0.891. The van der Waals surface area contributed by atoms with Crippen LogP contribution in [0.5, 0.6) is 0 Å². The largest absolute Gasteiger partial charge is 0.267 e. The number of hydrogen-bond acceptors (Lipinski definition) is 4. The summed E-state index contributed by atoms with van der Waals surface area (Å²) in [6.45, 7) is 4.03. The van der Waals surface area contributed by atoms with E-state index in [1.54, 1.807) is 0 Å². The number of benzene rings is 2. The molecule has 1 aliphatic carbocycles. The Kier molecular flexibility index (Phi) is 6.08. The van der Waals surface area contributed by atoms with Gasteiger partial charge in [0.15, 0.2) is 0 Å². The van der Waals surface area contributed by atoms with Gasteiger partial charge in [-0.25, -0.2) is 0 Å². The third kappa shape index (κ3) is 4.64. The van der Waals surface area contributed by atoms with E-state index in [-0.39, 0.29) is 5.41 Å². The quantitative estimate of drug-likeness (QED) is 0.432. The Bertz CT molecular complexity index is 813. The van der Waals surface area contributed by atoms with Gasteiger partial charge in [0.25, 0.3) is 0 Å². The lowest BCUT2D eigenvalue weighted by atomic mass is 9.96. The molecule has 0 aliphatic heterocycles. The SMILES string of the molecule is C/C(=N\NC(=S)c1ccccc1)C1(/C(C)=N/NC(=S)c2ccccc2)CC1. The van der Waals surface area contributed by atoms with Crippen molar-refractivity contribution in [1.82, 2.24) is 10.9 Å². The molecule has 0 spiro atoms. The molecule has 0 amide bonds. The standard InChI is InChI=1S/C21H22N4S2/c1-15(22-24-19(26)17-9-5-3-6-10-17)21(13-14-21)16(2)23-25-20(27)18-11-7-4-8-12-18/h3-12H,13-14H2,1-2H3,(H,24,26)(H,25,27)/b22-15+,23-16+. The minimum atomic E-state index is -0.112. The molecule has 6 heteroatoms. The van der Waals surface area contributed by atoms with Gasteiger partial charge in [-0.2, -0.15) is 10.2 Å². The summed E-state index contributed by atoms with van der Waals surface area (Å²) in [6.07, 6.45) is 2.05. The summed E-state index contributed by atoms with van der Waals surface area (Å²) in [4.78, 5) is 1.23. The smallest absolute Gasteiger partial charge is 0.126 e. The van der Waals surface area contributed by atoms with E-state index in [1.165, 1.54) is 0 Å². The Morgan fingerprint density at radius 2 is 1.11 bits per heavy atom. The zero-order valence-corrected chi connectivity index (χ0v) is 17.0. The van der Waals surface area contributed by atoms with Gasteiger partial charge in [0.2, 0.25) is 0 Å². The zero-order chi connectivity index (χ0) is 19.3. The average molecular weight is 395 g/mol. The molecular weight excluding hydrogens is 372 g/mol. The molecule has 0 heterocycles. The Morgan fingerprint density at radius 1 is 0.741 bits per heavy atom. The van der Waals surface area contributed by atoms with Crippen molar-refractivity contribution in [2.75, 3.05) is 0 Å². The van der Waals surface area contributed by atoms with Crippen molar-refractivity contribution in [2.45, 2.75) is 26.7 Å². The van der Waals surface area contributed by atoms with Crippen molar-refractivity contribution in [1.29, 1.82) is 0 Å². The highest BCUT2D eigenvalue weighted by Crippen LogP contribution is 2.48. The molecule has 0 aromatic heterocycles. The van der Waals surface area contributed by atoms with E-state index in [2.05, 4.69) is 21.1 Å². The lowest BCUT2D eigenvalue weighted by Crippen LogP contribution is -2.28. The van der Waals surface area contributed by atoms with Gasteiger partial charge in [0.05, 0.1) is 0 Å². The number of nitrogens with one attached hydrogen (secondary N) is 2. The Morgan fingerprint density at radius 3 is 1.44 bits per heavy atom. The van der Waals surface area contributed by atoms with Gasteiger partial charge in [-0.05, 0) is 26.7 Å². The predicted octanol–water partition coefficient (Wildman–Crippen LogP) is 4.45. The lowest BCUT2D eigenvalue weighted by Gasteiger charge is -2.16. The Labute approximate surface area is 170 Å². The van der Waals surface area contributed by atoms with E-state index in [0.29, 0.717) is 9.98 Å². The molecule has 1 aliphatic rings. The van der Waals surface area contributed by atoms with Crippen LogP contribution in [-0.2, 0) is 0 Å². The summed E-state index contributed by atoms with van der Waals surface area (Å²) in [7, 11) is 0. The molecule has 0 radical (unpaired) electrons. The van der Waals surface area contributed by atoms with E-state index in [9.17, 15) is 0 Å². The van der Waals surface area contributed by atoms with Crippen LogP contribution in [0.15, 0.2) is 70.9 Å². The molecular formula is C21H22N4S2. The number of rotatable bonds is 6. The molecule has 0 saturated heterocycles. The van der Waals surface area contributed by atoms with Gasteiger partial charge in [0.1, 0.15) is 9.98 Å². The van der Waals surface area contributed by atoms with Gasteiger partial charge in [-0.15, -0.1) is 0 Å². The fraction of sp³-hybridized carbons (Fsp3) is 0.238. The molecule has 1 fully saturated rings. The molecule has 2 aromatic rings. The van der Waals surface area contributed by atoms with Crippen LogP contribution in [0.4, 0.5) is 0 Å². The molecule has 0 bridgehead atoms. The van der Waals surface area contributed by atoms with Gasteiger partial charge in [0, 0.05) is 28.0 Å². The third-order valence-corrected chi connectivity index (χ3v) is 5.51. The highest BCUT2D eigenvalue weighted by molar-refractivity contribution is 7.81. The number of hydrogen-bond donors (Lipinski definition) is 2. The molecule has 2 N–H and O–H groups in total. The summed E-state index contributed by atoms with van der Waals surface area (Å²) in [5.74, 6) is 0. The van der Waals surface area contributed by atoms with Crippen molar-refractivity contribution in [3.8, 4) is 0 Å². The number of nitrogens with zero attached hydrogens (tertiary/aromatic N) is 2. The number of thiocarbonyl (C=S) groups is 2. The fourth-order valence-electron chi connectivity index (χ4n) is 2.90. The molecule has 27 heavy (non-hydrogen) atoms. The first-order chi connectivity index (χ1) is 13.0. The van der Waals surface area contributed by atoms with E-state index in [1.807, 2.05) is 74.5 Å². The van der Waals surface area contributed by atoms with E-state index >= 15 is 0 Å². The maximum Gasteiger partial charge on any atom is 0.126 e. The third-order valence-electron chi connectivity index (χ3n) is 4.86. The fourth-order valence-corrected chi connectivity index (χ4v) is 3.27. The minimum Gasteiger partial charge on any atom is -0.267 e. The minimum absolute atomic E-state index is 0.112. The van der Waals surface area contributed by atoms with Crippen LogP contribution in [0.25, 0.3) is 0 Å². The van der Waals surface area contributed by atoms with Gasteiger partial charge >= 0.3 is 0 Å². The van der Waals surface area contributed by atoms with Crippen LogP contribution >= 0.6 is 24.4 Å². The first-order valence-corrected chi connectivity index (χ1v) is 9.65. The predicted molar refractivity (Wildman–Crippen MR) is 120 cm³/mol. The maximum absolute atomic E-state index is 5.41. The molecule has 0 unspecified atom stereocenters. The second-order valence-electron chi connectivity index (χ2n) is 6.59. The normalized spacial score (nSPS) is 15.8. The Balaban J connectivity index is 1.64. The van der Waals surface area contributed by atoms with Crippen LogP contribution in [0.1, 0.15) is 37.8 Å². The summed E-state index contributed by atoms with van der Waals surface area (Å²) in [5, 5.41) is 9.05. The van der Waals surface area contributed by atoms with E-state index < -0.39 is 0 Å². The van der Waals surface area contributed by atoms with Crippen LogP contribution < -0.4 is 10.9 Å². The molecule has 0 atom stereocenters. The summed E-state index contributed by atoms with van der Waals surface area (Å²) >= 11 is 10.8. The van der Waals surface area contributed by atoms with Crippen molar-refractivity contribution in [3.05, 3.63) is 71.8 Å². The van der Waals surface area contributed by atoms with Gasteiger partial charge in [-0.1, -0.05) is 85.1 Å². The highest BCUT2D eigenvalue weighted by atomic mass is 32.1. The molecule has 1 saturated carbocycles. The van der Waals surface area contributed by atoms with E-state index in [4.69, 9.17) is 24.4 Å². The zero-order valence-electron chi connectivity index (χ0n) is 15.4. The van der Waals surface area contributed by atoms with Crippen LogP contribution in [0.2, 0.25) is 0 Å². The Hall–Kier alpha value is -2.44. The first kappa shape index (κ1) is 19.3. The van der Waals surface area contributed by atoms with Crippen molar-refractivity contribution >= 4 is 45.8 Å². The van der Waals surface area contributed by atoms with Crippen molar-refractivity contribution in [2.24, 2.45) is 15.6 Å². The van der Waals surface area contributed by atoms with Crippen molar-refractivity contribution < 1.29 is 0 Å². The highest BCUT2D eigenvalue weighted by Gasteiger charge is 2.48. The van der Waals surface area contributed by atoms with Gasteiger partial charge < -0.3 is 0 Å². The number of hydrazone groups is 2. The first-order valence-electron chi connectivity index (χ1n) is 8.83. The summed E-state index contributed by atoms with van der Waals surface area (Å²) in [5.41, 5.74) is 9.77. The van der Waals surface area contributed by atoms with Crippen molar-refractivity contribution in [3.63, 3.8) is 0 Å². The van der Waals surface area contributed by atoms with Gasteiger partial charge in [-0.3, -0.25) is 10.9 Å². The second kappa shape index (κ2) is 8.50. The summed E-state index contributed by atoms with van der Waals surface area (Å²) in [6, 6.07) is 19.6. The topological polar surface area (TPSA) is 48.8 Å². The maximum atomic E-state index is 5.41. The van der Waals surface area contributed by atoms with E-state index in [0.717, 1.165) is 35.4 Å². The second-order valence-corrected chi connectivity index (χ2v) is 7.41. The molecule has 3 rings (SSSR count). The average Bonchev–Trinajstić information content (AvgIpc) is 3.53. The van der Waals surface area contributed by atoms with Crippen LogP contribution in [-0.4, -0.2) is 21.4 Å². The van der Waals surface area contributed by atoms with Crippen LogP contribution in [0.3, 0.4) is 0 Å². The monoisotopic (exact) mass is 394 g/mol. The molecule has 2 aromatic carbocycles. The molecule has 4 nitrogen and oxygen atoms in total. The van der Waals surface area contributed by atoms with Crippen LogP contribution in [0, 0.1) is 5.41 Å². The summed E-state index contributed by atoms with van der Waals surface area (Å²) < 4.78 is 0. The molecule has 138 valence electrons.